The van der Waals surface area contributed by atoms with Crippen molar-refractivity contribution in [1.82, 2.24) is 4.90 Å². The van der Waals surface area contributed by atoms with Crippen LogP contribution in [0.2, 0.25) is 0 Å². The summed E-state index contributed by atoms with van der Waals surface area (Å²) in [6.07, 6.45) is 3.24. The highest BCUT2D eigenvalue weighted by Gasteiger charge is 2.17. The SMILES string of the molecule is CCN(CC(C)C(=O)O)C(=O)/C=C/c1cccs1. The molecule has 0 aromatic carbocycles. The van der Waals surface area contributed by atoms with Crippen molar-refractivity contribution >= 4 is 29.3 Å². The van der Waals surface area contributed by atoms with Gasteiger partial charge in [0.15, 0.2) is 0 Å². The Hall–Kier alpha value is -1.62. The third-order valence-corrected chi connectivity index (χ3v) is 3.38. The zero-order valence-corrected chi connectivity index (χ0v) is 11.3. The van der Waals surface area contributed by atoms with Crippen LogP contribution in [0.15, 0.2) is 23.6 Å². The molecule has 0 spiro atoms. The summed E-state index contributed by atoms with van der Waals surface area (Å²) in [7, 11) is 0. The highest BCUT2D eigenvalue weighted by Crippen LogP contribution is 2.11. The molecule has 0 saturated heterocycles. The molecule has 1 unspecified atom stereocenters. The fraction of sp³-hybridized carbons (Fsp3) is 0.385. The Balaban J connectivity index is 2.59. The van der Waals surface area contributed by atoms with Gasteiger partial charge in [-0.3, -0.25) is 9.59 Å². The fourth-order valence-corrected chi connectivity index (χ4v) is 2.05. The van der Waals surface area contributed by atoms with Gasteiger partial charge in [-0.2, -0.15) is 0 Å². The number of carbonyl (C=O) groups excluding carboxylic acids is 1. The van der Waals surface area contributed by atoms with E-state index in [1.54, 1.807) is 24.3 Å². The lowest BCUT2D eigenvalue weighted by Crippen LogP contribution is -2.35. The molecule has 0 radical (unpaired) electrons. The molecule has 1 N–H and O–H groups in total. The number of likely N-dealkylation sites (N-methyl/N-ethyl adjacent to an activating group) is 1. The first kappa shape index (κ1) is 14.4. The highest BCUT2D eigenvalue weighted by molar-refractivity contribution is 7.10. The third kappa shape index (κ3) is 4.33. The Morgan fingerprint density at radius 1 is 1.56 bits per heavy atom. The molecule has 1 atom stereocenters. The predicted octanol–water partition coefficient (Wildman–Crippen LogP) is 2.33. The summed E-state index contributed by atoms with van der Waals surface area (Å²) in [5.74, 6) is -1.59. The van der Waals surface area contributed by atoms with Crippen LogP contribution in [0.1, 0.15) is 18.7 Å². The average Bonchev–Trinajstić information content (AvgIpc) is 2.85. The zero-order valence-electron chi connectivity index (χ0n) is 10.5. The van der Waals surface area contributed by atoms with Crippen LogP contribution >= 0.6 is 11.3 Å². The maximum absolute atomic E-state index is 11.9. The lowest BCUT2D eigenvalue weighted by molar-refractivity contribution is -0.142. The van der Waals surface area contributed by atoms with E-state index in [2.05, 4.69) is 0 Å². The molecule has 98 valence electrons. The first-order valence-electron chi connectivity index (χ1n) is 5.78. The molecule has 1 heterocycles. The van der Waals surface area contributed by atoms with Gasteiger partial charge in [0.1, 0.15) is 0 Å². The number of aliphatic carboxylic acids is 1. The van der Waals surface area contributed by atoms with Crippen molar-refractivity contribution in [2.24, 2.45) is 5.92 Å². The average molecular weight is 267 g/mol. The molecule has 0 fully saturated rings. The van der Waals surface area contributed by atoms with Crippen LogP contribution in [0, 0.1) is 5.92 Å². The van der Waals surface area contributed by atoms with Gasteiger partial charge in [0.05, 0.1) is 5.92 Å². The van der Waals surface area contributed by atoms with E-state index in [4.69, 9.17) is 5.11 Å². The van der Waals surface area contributed by atoms with Gasteiger partial charge in [0.25, 0.3) is 0 Å². The number of nitrogens with zero attached hydrogens (tertiary/aromatic N) is 1. The molecule has 0 aliphatic heterocycles. The number of amides is 1. The number of carboxylic acid groups (broad SMARTS) is 1. The largest absolute Gasteiger partial charge is 0.481 e. The van der Waals surface area contributed by atoms with Crippen LogP contribution in [-0.4, -0.2) is 35.0 Å². The maximum atomic E-state index is 11.9. The van der Waals surface area contributed by atoms with Crippen molar-refractivity contribution in [2.45, 2.75) is 13.8 Å². The molecule has 0 saturated carbocycles. The highest BCUT2D eigenvalue weighted by atomic mass is 32.1. The van der Waals surface area contributed by atoms with E-state index in [9.17, 15) is 9.59 Å². The second-order valence-corrected chi connectivity index (χ2v) is 4.94. The zero-order chi connectivity index (χ0) is 13.5. The normalized spacial score (nSPS) is 12.6. The van der Waals surface area contributed by atoms with E-state index in [0.29, 0.717) is 6.54 Å². The molecule has 1 aromatic heterocycles. The van der Waals surface area contributed by atoms with Gasteiger partial charge >= 0.3 is 5.97 Å². The van der Waals surface area contributed by atoms with Crippen LogP contribution in [0.5, 0.6) is 0 Å². The minimum atomic E-state index is -0.886. The minimum absolute atomic E-state index is 0.154. The molecule has 5 heteroatoms. The van der Waals surface area contributed by atoms with Gasteiger partial charge in [0.2, 0.25) is 5.91 Å². The van der Waals surface area contributed by atoms with E-state index < -0.39 is 11.9 Å². The van der Waals surface area contributed by atoms with E-state index in [-0.39, 0.29) is 12.5 Å². The van der Waals surface area contributed by atoms with Gasteiger partial charge in [-0.15, -0.1) is 11.3 Å². The second kappa shape index (κ2) is 6.96. The summed E-state index contributed by atoms with van der Waals surface area (Å²) in [6, 6.07) is 3.84. The van der Waals surface area contributed by atoms with Gasteiger partial charge in [-0.05, 0) is 24.4 Å². The lowest BCUT2D eigenvalue weighted by atomic mass is 10.1. The van der Waals surface area contributed by atoms with Crippen molar-refractivity contribution in [2.75, 3.05) is 13.1 Å². The molecular weight excluding hydrogens is 250 g/mol. The summed E-state index contributed by atoms with van der Waals surface area (Å²) in [4.78, 5) is 25.2. The molecule has 1 amide bonds. The summed E-state index contributed by atoms with van der Waals surface area (Å²) in [6.45, 7) is 4.18. The molecule has 1 aromatic rings. The van der Waals surface area contributed by atoms with Crippen LogP contribution in [-0.2, 0) is 9.59 Å². The Kier molecular flexibility index (Phi) is 5.58. The molecule has 1 rings (SSSR count). The quantitative estimate of drug-likeness (QED) is 0.805. The van der Waals surface area contributed by atoms with Crippen LogP contribution in [0.3, 0.4) is 0 Å². The summed E-state index contributed by atoms with van der Waals surface area (Å²) in [5.41, 5.74) is 0. The van der Waals surface area contributed by atoms with Crippen molar-refractivity contribution in [3.05, 3.63) is 28.5 Å². The minimum Gasteiger partial charge on any atom is -0.481 e. The standard InChI is InChI=1S/C13H17NO3S/c1-3-14(9-10(2)13(16)17)12(15)7-6-11-5-4-8-18-11/h4-8,10H,3,9H2,1-2H3,(H,16,17)/b7-6+. The number of carbonyl (C=O) groups is 2. The molecule has 0 bridgehead atoms. The van der Waals surface area contributed by atoms with Crippen LogP contribution < -0.4 is 0 Å². The number of hydrogen-bond acceptors (Lipinski definition) is 3. The number of hydrogen-bond donors (Lipinski definition) is 1. The molecule has 0 aliphatic carbocycles. The fourth-order valence-electron chi connectivity index (χ4n) is 1.43. The van der Waals surface area contributed by atoms with E-state index in [0.717, 1.165) is 4.88 Å². The van der Waals surface area contributed by atoms with Crippen molar-refractivity contribution in [3.8, 4) is 0 Å². The summed E-state index contributed by atoms with van der Waals surface area (Å²) in [5, 5.41) is 10.8. The van der Waals surface area contributed by atoms with E-state index in [1.807, 2.05) is 24.4 Å². The molecule has 4 nitrogen and oxygen atoms in total. The Bertz CT molecular complexity index is 425. The van der Waals surface area contributed by atoms with Crippen molar-refractivity contribution in [3.63, 3.8) is 0 Å². The number of thiophene rings is 1. The monoisotopic (exact) mass is 267 g/mol. The Labute approximate surface area is 111 Å². The first-order valence-corrected chi connectivity index (χ1v) is 6.65. The Morgan fingerprint density at radius 2 is 2.28 bits per heavy atom. The number of rotatable bonds is 6. The second-order valence-electron chi connectivity index (χ2n) is 3.96. The van der Waals surface area contributed by atoms with Gasteiger partial charge in [-0.1, -0.05) is 13.0 Å². The van der Waals surface area contributed by atoms with Gasteiger partial charge in [-0.25, -0.2) is 0 Å². The molecular formula is C13H17NO3S. The predicted molar refractivity (Wildman–Crippen MR) is 72.4 cm³/mol. The van der Waals surface area contributed by atoms with Crippen molar-refractivity contribution < 1.29 is 14.7 Å². The third-order valence-electron chi connectivity index (χ3n) is 2.54. The van der Waals surface area contributed by atoms with Gasteiger partial charge in [0, 0.05) is 24.0 Å². The maximum Gasteiger partial charge on any atom is 0.308 e. The topological polar surface area (TPSA) is 57.6 Å². The first-order chi connectivity index (χ1) is 8.54. The van der Waals surface area contributed by atoms with E-state index >= 15 is 0 Å². The summed E-state index contributed by atoms with van der Waals surface area (Å²) >= 11 is 1.55. The van der Waals surface area contributed by atoms with Crippen LogP contribution in [0.25, 0.3) is 6.08 Å². The molecule has 18 heavy (non-hydrogen) atoms. The van der Waals surface area contributed by atoms with Crippen LogP contribution in [0.4, 0.5) is 0 Å². The lowest BCUT2D eigenvalue weighted by Gasteiger charge is -2.21. The van der Waals surface area contributed by atoms with E-state index in [1.165, 1.54) is 11.0 Å². The molecule has 0 aliphatic rings. The smallest absolute Gasteiger partial charge is 0.308 e. The van der Waals surface area contributed by atoms with Gasteiger partial charge < -0.3 is 10.0 Å². The Morgan fingerprint density at radius 3 is 2.78 bits per heavy atom. The summed E-state index contributed by atoms with van der Waals surface area (Å²) < 4.78 is 0. The van der Waals surface area contributed by atoms with Crippen molar-refractivity contribution in [1.29, 1.82) is 0 Å². The number of carboxylic acids is 1.